The second-order valence-corrected chi connectivity index (χ2v) is 8.93. The summed E-state index contributed by atoms with van der Waals surface area (Å²) in [5.74, 6) is 1.62. The number of aromatic nitrogens is 4. The number of ether oxygens (including phenoxy) is 1. The van der Waals surface area contributed by atoms with Crippen molar-refractivity contribution in [1.29, 1.82) is 0 Å². The van der Waals surface area contributed by atoms with Gasteiger partial charge in [-0.1, -0.05) is 29.8 Å². The Bertz CT molecular complexity index is 1320. The molecule has 0 unspecified atom stereocenters. The normalized spacial score (nSPS) is 15.8. The van der Waals surface area contributed by atoms with Crippen LogP contribution in [0.3, 0.4) is 0 Å². The van der Waals surface area contributed by atoms with Crippen LogP contribution in [-0.4, -0.2) is 45.4 Å². The minimum absolute atomic E-state index is 0.0668. The third-order valence-electron chi connectivity index (χ3n) is 6.36. The van der Waals surface area contributed by atoms with Crippen LogP contribution in [0.2, 0.25) is 0 Å². The van der Waals surface area contributed by atoms with Gasteiger partial charge in [-0.15, -0.1) is 5.10 Å². The number of rotatable bonds is 7. The average Bonchev–Trinajstić information content (AvgIpc) is 3.33. The first-order valence-corrected chi connectivity index (χ1v) is 12.1. The van der Waals surface area contributed by atoms with Gasteiger partial charge in [-0.3, -0.25) is 4.79 Å². The molecular formula is C27H30N6O2. The third kappa shape index (κ3) is 5.11. The van der Waals surface area contributed by atoms with E-state index in [1.807, 2.05) is 54.2 Å². The molecule has 1 aliphatic heterocycles. The fourth-order valence-electron chi connectivity index (χ4n) is 4.54. The minimum Gasteiger partial charge on any atom is -0.494 e. The van der Waals surface area contributed by atoms with E-state index in [0.29, 0.717) is 25.3 Å². The third-order valence-corrected chi connectivity index (χ3v) is 6.36. The highest BCUT2D eigenvalue weighted by Gasteiger charge is 2.28. The maximum Gasteiger partial charge on any atom is 0.225 e. The zero-order valence-corrected chi connectivity index (χ0v) is 20.1. The number of anilines is 1. The summed E-state index contributed by atoms with van der Waals surface area (Å²) in [4.78, 5) is 24.2. The van der Waals surface area contributed by atoms with Crippen molar-refractivity contribution in [3.63, 3.8) is 0 Å². The van der Waals surface area contributed by atoms with Crippen molar-refractivity contribution in [1.82, 2.24) is 25.1 Å². The Hall–Kier alpha value is -3.94. The van der Waals surface area contributed by atoms with E-state index in [4.69, 9.17) is 4.74 Å². The number of carbonyl (C=O) groups excluding carboxylic acids is 1. The number of nitrogens with one attached hydrogen (secondary N) is 1. The molecule has 4 aromatic rings. The van der Waals surface area contributed by atoms with Crippen LogP contribution in [0.4, 0.5) is 5.82 Å². The van der Waals surface area contributed by atoms with E-state index in [9.17, 15) is 4.79 Å². The zero-order valence-electron chi connectivity index (χ0n) is 20.1. The second kappa shape index (κ2) is 10.1. The number of hydrogen-bond donors (Lipinski definition) is 1. The molecule has 8 nitrogen and oxygen atoms in total. The highest BCUT2D eigenvalue weighted by atomic mass is 16.5. The van der Waals surface area contributed by atoms with E-state index in [-0.39, 0.29) is 11.8 Å². The smallest absolute Gasteiger partial charge is 0.225 e. The van der Waals surface area contributed by atoms with Gasteiger partial charge in [-0.05, 0) is 56.5 Å². The molecule has 0 bridgehead atoms. The molecule has 1 amide bonds. The van der Waals surface area contributed by atoms with Gasteiger partial charge >= 0.3 is 0 Å². The Balaban J connectivity index is 1.29. The van der Waals surface area contributed by atoms with Crippen LogP contribution >= 0.6 is 0 Å². The molecule has 1 atom stereocenters. The molecule has 1 saturated heterocycles. The maximum absolute atomic E-state index is 13.0. The van der Waals surface area contributed by atoms with Gasteiger partial charge in [0.25, 0.3) is 0 Å². The number of nitrogens with zero attached hydrogens (tertiary/aromatic N) is 5. The standard InChI is InChI=1S/C27H30N6O2/c1-3-35-23-8-4-6-20(14-23)15-28-27(34)21-7-5-13-32(16-21)26-24-17-33(31-25(24)29-18-30-26)22-11-9-19(2)10-12-22/h4,6,8-12,14,17-18,21H,3,5,7,13,15-16H2,1-2H3,(H,28,34)/t21-/m0/s1. The lowest BCUT2D eigenvalue weighted by Gasteiger charge is -2.33. The van der Waals surface area contributed by atoms with Crippen molar-refractivity contribution < 1.29 is 9.53 Å². The van der Waals surface area contributed by atoms with E-state index >= 15 is 0 Å². The number of carbonyl (C=O) groups is 1. The molecule has 8 heteroatoms. The van der Waals surface area contributed by atoms with Crippen molar-refractivity contribution in [3.05, 3.63) is 72.2 Å². The van der Waals surface area contributed by atoms with Crippen molar-refractivity contribution in [2.75, 3.05) is 24.6 Å². The number of amides is 1. The monoisotopic (exact) mass is 470 g/mol. The molecule has 1 aliphatic rings. The van der Waals surface area contributed by atoms with Crippen LogP contribution in [0.25, 0.3) is 16.7 Å². The van der Waals surface area contributed by atoms with E-state index in [1.165, 1.54) is 5.56 Å². The summed E-state index contributed by atoms with van der Waals surface area (Å²) in [5, 5.41) is 8.65. The molecule has 0 radical (unpaired) electrons. The SMILES string of the molecule is CCOc1cccc(CNC(=O)[C@H]2CCCN(c3ncnc4nn(-c5ccc(C)cc5)cc34)C2)c1. The zero-order chi connectivity index (χ0) is 24.2. The highest BCUT2D eigenvalue weighted by Crippen LogP contribution is 2.28. The van der Waals surface area contributed by atoms with Gasteiger partial charge in [-0.25, -0.2) is 14.6 Å². The topological polar surface area (TPSA) is 85.2 Å². The summed E-state index contributed by atoms with van der Waals surface area (Å²) < 4.78 is 7.40. The Labute approximate surface area is 205 Å². The molecular weight excluding hydrogens is 440 g/mol. The fourth-order valence-corrected chi connectivity index (χ4v) is 4.54. The van der Waals surface area contributed by atoms with E-state index in [0.717, 1.165) is 47.6 Å². The molecule has 1 fully saturated rings. The van der Waals surface area contributed by atoms with Crippen molar-refractivity contribution >= 4 is 22.8 Å². The van der Waals surface area contributed by atoms with Crippen LogP contribution in [0.1, 0.15) is 30.9 Å². The number of piperidine rings is 1. The lowest BCUT2D eigenvalue weighted by atomic mass is 9.97. The van der Waals surface area contributed by atoms with E-state index < -0.39 is 0 Å². The van der Waals surface area contributed by atoms with Crippen LogP contribution < -0.4 is 15.0 Å². The van der Waals surface area contributed by atoms with Crippen LogP contribution in [0.5, 0.6) is 5.75 Å². The number of aryl methyl sites for hydroxylation is 1. The van der Waals surface area contributed by atoms with Gasteiger partial charge in [-0.2, -0.15) is 0 Å². The van der Waals surface area contributed by atoms with E-state index in [2.05, 4.69) is 44.3 Å². The predicted octanol–water partition coefficient (Wildman–Crippen LogP) is 4.06. The Morgan fingerprint density at radius 3 is 2.86 bits per heavy atom. The Morgan fingerprint density at radius 1 is 1.17 bits per heavy atom. The van der Waals surface area contributed by atoms with Crippen molar-refractivity contribution in [2.24, 2.45) is 5.92 Å². The quantitative estimate of drug-likeness (QED) is 0.439. The van der Waals surface area contributed by atoms with E-state index in [1.54, 1.807) is 6.33 Å². The lowest BCUT2D eigenvalue weighted by molar-refractivity contribution is -0.125. The van der Waals surface area contributed by atoms with Crippen LogP contribution in [0.15, 0.2) is 61.1 Å². The van der Waals surface area contributed by atoms with Gasteiger partial charge < -0.3 is 15.0 Å². The fraction of sp³-hybridized carbons (Fsp3) is 0.333. The number of fused-ring (bicyclic) bond motifs is 1. The van der Waals surface area contributed by atoms with Gasteiger partial charge in [0.15, 0.2) is 5.65 Å². The molecule has 3 heterocycles. The summed E-state index contributed by atoms with van der Waals surface area (Å²) in [6.07, 6.45) is 5.32. The van der Waals surface area contributed by atoms with Gasteiger partial charge in [0.05, 0.1) is 23.6 Å². The van der Waals surface area contributed by atoms with Gasteiger partial charge in [0.1, 0.15) is 17.9 Å². The second-order valence-electron chi connectivity index (χ2n) is 8.93. The number of benzene rings is 2. The van der Waals surface area contributed by atoms with Gasteiger partial charge in [0.2, 0.25) is 5.91 Å². The van der Waals surface area contributed by atoms with Crippen molar-refractivity contribution in [3.8, 4) is 11.4 Å². The lowest BCUT2D eigenvalue weighted by Crippen LogP contribution is -2.43. The molecule has 0 aliphatic carbocycles. The largest absolute Gasteiger partial charge is 0.494 e. The van der Waals surface area contributed by atoms with Crippen LogP contribution in [0, 0.1) is 12.8 Å². The summed E-state index contributed by atoms with van der Waals surface area (Å²) in [7, 11) is 0. The molecule has 0 spiro atoms. The predicted molar refractivity (Wildman–Crippen MR) is 136 cm³/mol. The summed E-state index contributed by atoms with van der Waals surface area (Å²) >= 11 is 0. The maximum atomic E-state index is 13.0. The molecule has 35 heavy (non-hydrogen) atoms. The molecule has 1 N–H and O–H groups in total. The Kier molecular flexibility index (Phi) is 6.61. The molecule has 2 aromatic carbocycles. The average molecular weight is 471 g/mol. The van der Waals surface area contributed by atoms with Gasteiger partial charge in [0, 0.05) is 25.8 Å². The molecule has 180 valence electrons. The molecule has 0 saturated carbocycles. The minimum atomic E-state index is -0.101. The number of hydrogen-bond acceptors (Lipinski definition) is 6. The first-order chi connectivity index (χ1) is 17.1. The molecule has 5 rings (SSSR count). The molecule has 2 aromatic heterocycles. The summed E-state index contributed by atoms with van der Waals surface area (Å²) in [6.45, 7) is 6.59. The first-order valence-electron chi connectivity index (χ1n) is 12.1. The van der Waals surface area contributed by atoms with Crippen molar-refractivity contribution in [2.45, 2.75) is 33.2 Å². The first kappa shape index (κ1) is 22.8. The Morgan fingerprint density at radius 2 is 2.03 bits per heavy atom. The summed E-state index contributed by atoms with van der Waals surface area (Å²) in [5.41, 5.74) is 3.85. The highest BCUT2D eigenvalue weighted by molar-refractivity contribution is 5.87. The summed E-state index contributed by atoms with van der Waals surface area (Å²) in [6, 6.07) is 16.1. The van der Waals surface area contributed by atoms with Crippen LogP contribution in [-0.2, 0) is 11.3 Å².